The summed E-state index contributed by atoms with van der Waals surface area (Å²) < 4.78 is 16.3. The Hall–Kier alpha value is -3.71. The second kappa shape index (κ2) is 8.97. The van der Waals surface area contributed by atoms with E-state index in [1.807, 2.05) is 43.5 Å². The summed E-state index contributed by atoms with van der Waals surface area (Å²) in [6, 6.07) is 13.8. The average Bonchev–Trinajstić information content (AvgIpc) is 3.16. The van der Waals surface area contributed by atoms with Crippen molar-refractivity contribution in [3.05, 3.63) is 92.2 Å². The van der Waals surface area contributed by atoms with E-state index in [0.717, 1.165) is 27.2 Å². The van der Waals surface area contributed by atoms with E-state index >= 15 is 0 Å². The molecular weight excluding hydrogens is 414 g/mol. The minimum atomic E-state index is -0.543. The second-order valence-electron chi connectivity index (χ2n) is 6.88. The maximum atomic E-state index is 12.2. The van der Waals surface area contributed by atoms with Gasteiger partial charge in [0.05, 0.1) is 10.7 Å². The lowest BCUT2D eigenvalue weighted by Gasteiger charge is -2.05. The zero-order valence-electron chi connectivity index (χ0n) is 17.0. The molecule has 0 aliphatic rings. The Bertz CT molecular complexity index is 1340. The molecule has 4 aromatic rings. The number of hydrogen-bond donors (Lipinski definition) is 0. The fraction of sp³-hybridized carbons (Fsp3) is 0.125. The van der Waals surface area contributed by atoms with E-state index in [9.17, 15) is 9.59 Å². The number of aryl methyl sites for hydroxylation is 2. The molecule has 2 aromatic heterocycles. The first-order valence-electron chi connectivity index (χ1n) is 9.54. The molecule has 31 heavy (non-hydrogen) atoms. The smallest absolute Gasteiger partial charge is 0.336 e. The molecule has 0 N–H and O–H groups in total. The molecule has 6 nitrogen and oxygen atoms in total. The molecule has 0 unspecified atom stereocenters. The minimum absolute atomic E-state index is 0.298. The van der Waals surface area contributed by atoms with Crippen LogP contribution in [-0.2, 0) is 11.4 Å². The molecule has 0 spiro atoms. The van der Waals surface area contributed by atoms with E-state index in [2.05, 4.69) is 4.98 Å². The largest absolute Gasteiger partial charge is 0.487 e. The lowest BCUT2D eigenvalue weighted by molar-refractivity contribution is -0.128. The Labute approximate surface area is 182 Å². The van der Waals surface area contributed by atoms with Crippen LogP contribution < -0.4 is 15.1 Å². The molecule has 0 bridgehead atoms. The Balaban J connectivity index is 1.41. The van der Waals surface area contributed by atoms with Crippen LogP contribution in [0.25, 0.3) is 17.0 Å². The number of nitrogens with zero attached hydrogens (tertiary/aromatic N) is 1. The summed E-state index contributed by atoms with van der Waals surface area (Å²) in [6.45, 7) is 4.16. The van der Waals surface area contributed by atoms with Crippen LogP contribution in [0, 0.1) is 13.8 Å². The van der Waals surface area contributed by atoms with Gasteiger partial charge in [-0.25, -0.2) is 14.6 Å². The number of rotatable bonds is 6. The molecule has 2 heterocycles. The number of carbonyl (C=O) groups is 1. The molecule has 4 rings (SSSR count). The summed E-state index contributed by atoms with van der Waals surface area (Å²) in [7, 11) is 0. The van der Waals surface area contributed by atoms with Crippen molar-refractivity contribution in [2.45, 2.75) is 20.5 Å². The molecule has 0 fully saturated rings. The van der Waals surface area contributed by atoms with Gasteiger partial charge in [-0.05, 0) is 55.3 Å². The fourth-order valence-electron chi connectivity index (χ4n) is 3.02. The van der Waals surface area contributed by atoms with Gasteiger partial charge in [-0.15, -0.1) is 11.3 Å². The Morgan fingerprint density at radius 3 is 2.81 bits per heavy atom. The van der Waals surface area contributed by atoms with Crippen molar-refractivity contribution in [2.24, 2.45) is 0 Å². The SMILES string of the molecule is Cc1nc(COc2cccc(/C=C/C(=O)Oc3ccc4c(C)cc(=O)oc4c3)c2)cs1. The molecule has 0 saturated heterocycles. The van der Waals surface area contributed by atoms with Crippen LogP contribution in [0.2, 0.25) is 0 Å². The van der Waals surface area contributed by atoms with Crippen molar-refractivity contribution < 1.29 is 18.7 Å². The molecule has 2 aromatic carbocycles. The van der Waals surface area contributed by atoms with Crippen molar-refractivity contribution >= 4 is 34.4 Å². The quantitative estimate of drug-likeness (QED) is 0.183. The zero-order chi connectivity index (χ0) is 21.8. The van der Waals surface area contributed by atoms with Gasteiger partial charge in [0.1, 0.15) is 23.7 Å². The molecule has 156 valence electrons. The van der Waals surface area contributed by atoms with Crippen molar-refractivity contribution in [2.75, 3.05) is 0 Å². The van der Waals surface area contributed by atoms with Crippen molar-refractivity contribution in [3.8, 4) is 11.5 Å². The number of fused-ring (bicyclic) bond motifs is 1. The van der Waals surface area contributed by atoms with Crippen LogP contribution in [0.5, 0.6) is 11.5 Å². The van der Waals surface area contributed by atoms with Gasteiger partial charge in [0.25, 0.3) is 0 Å². The third-order valence-corrected chi connectivity index (χ3v) is 5.29. The van der Waals surface area contributed by atoms with E-state index < -0.39 is 11.6 Å². The van der Waals surface area contributed by atoms with E-state index in [4.69, 9.17) is 13.9 Å². The summed E-state index contributed by atoms with van der Waals surface area (Å²) in [4.78, 5) is 28.1. The predicted octanol–water partition coefficient (Wildman–Crippen LogP) is 5.06. The summed E-state index contributed by atoms with van der Waals surface area (Å²) in [5.74, 6) is 0.436. The number of thiazole rings is 1. The van der Waals surface area contributed by atoms with Crippen LogP contribution in [0.4, 0.5) is 0 Å². The highest BCUT2D eigenvalue weighted by molar-refractivity contribution is 7.09. The molecule has 0 saturated carbocycles. The van der Waals surface area contributed by atoms with Crippen LogP contribution in [0.3, 0.4) is 0 Å². The second-order valence-corrected chi connectivity index (χ2v) is 7.94. The van der Waals surface area contributed by atoms with E-state index in [0.29, 0.717) is 23.7 Å². The van der Waals surface area contributed by atoms with Gasteiger partial charge >= 0.3 is 11.6 Å². The zero-order valence-corrected chi connectivity index (χ0v) is 17.8. The average molecular weight is 433 g/mol. The first kappa shape index (κ1) is 20.6. The van der Waals surface area contributed by atoms with E-state index in [1.54, 1.807) is 29.5 Å². The van der Waals surface area contributed by atoms with Crippen LogP contribution in [-0.4, -0.2) is 11.0 Å². The standard InChI is InChI=1S/C24H19NO5S/c1-15-10-24(27)30-22-12-20(7-8-21(15)22)29-23(26)9-6-17-4-3-5-19(11-17)28-13-18-14-31-16(2)25-18/h3-12,14H,13H2,1-2H3/b9-6+. The lowest BCUT2D eigenvalue weighted by atomic mass is 10.1. The molecule has 0 aliphatic carbocycles. The van der Waals surface area contributed by atoms with Gasteiger partial charge in [0.15, 0.2) is 0 Å². The third kappa shape index (κ3) is 5.26. The first-order valence-corrected chi connectivity index (χ1v) is 10.4. The van der Waals surface area contributed by atoms with Crippen LogP contribution in [0.1, 0.15) is 21.8 Å². The number of aromatic nitrogens is 1. The van der Waals surface area contributed by atoms with Crippen molar-refractivity contribution in [1.29, 1.82) is 0 Å². The van der Waals surface area contributed by atoms with Gasteiger partial charge in [0.2, 0.25) is 0 Å². The van der Waals surface area contributed by atoms with Gasteiger partial charge in [-0.3, -0.25) is 0 Å². The number of benzene rings is 2. The summed E-state index contributed by atoms with van der Waals surface area (Å²) in [5, 5.41) is 3.76. The summed E-state index contributed by atoms with van der Waals surface area (Å²) in [6.07, 6.45) is 2.98. The van der Waals surface area contributed by atoms with Gasteiger partial charge < -0.3 is 13.9 Å². The normalized spacial score (nSPS) is 11.2. The molecule has 0 atom stereocenters. The summed E-state index contributed by atoms with van der Waals surface area (Å²) >= 11 is 1.58. The van der Waals surface area contributed by atoms with Gasteiger partial charge in [0, 0.05) is 29.0 Å². The Morgan fingerprint density at radius 2 is 2.00 bits per heavy atom. The first-order chi connectivity index (χ1) is 15.0. The van der Waals surface area contributed by atoms with Crippen molar-refractivity contribution in [3.63, 3.8) is 0 Å². The highest BCUT2D eigenvalue weighted by Crippen LogP contribution is 2.22. The minimum Gasteiger partial charge on any atom is -0.487 e. The Kier molecular flexibility index (Phi) is 5.95. The highest BCUT2D eigenvalue weighted by atomic mass is 32.1. The van der Waals surface area contributed by atoms with Gasteiger partial charge in [-0.2, -0.15) is 0 Å². The third-order valence-electron chi connectivity index (χ3n) is 4.46. The maximum Gasteiger partial charge on any atom is 0.336 e. The number of carbonyl (C=O) groups excluding carboxylic acids is 1. The molecule has 0 amide bonds. The highest BCUT2D eigenvalue weighted by Gasteiger charge is 2.07. The number of ether oxygens (including phenoxy) is 2. The lowest BCUT2D eigenvalue weighted by Crippen LogP contribution is -2.04. The predicted molar refractivity (Wildman–Crippen MR) is 120 cm³/mol. The topological polar surface area (TPSA) is 78.6 Å². The van der Waals surface area contributed by atoms with Gasteiger partial charge in [-0.1, -0.05) is 12.1 Å². The van der Waals surface area contributed by atoms with E-state index in [1.165, 1.54) is 18.2 Å². The molecule has 0 aliphatic heterocycles. The van der Waals surface area contributed by atoms with Crippen LogP contribution >= 0.6 is 11.3 Å². The molecular formula is C24H19NO5S. The van der Waals surface area contributed by atoms with Crippen molar-refractivity contribution in [1.82, 2.24) is 4.98 Å². The Morgan fingerprint density at radius 1 is 1.13 bits per heavy atom. The monoisotopic (exact) mass is 433 g/mol. The van der Waals surface area contributed by atoms with E-state index in [-0.39, 0.29) is 0 Å². The summed E-state index contributed by atoms with van der Waals surface area (Å²) in [5.41, 5.74) is 2.41. The molecule has 7 heteroatoms. The fourth-order valence-corrected chi connectivity index (χ4v) is 3.62. The molecule has 0 radical (unpaired) electrons. The number of hydrogen-bond acceptors (Lipinski definition) is 7. The number of esters is 1. The maximum absolute atomic E-state index is 12.2. The van der Waals surface area contributed by atoms with Crippen LogP contribution in [0.15, 0.2) is 69.2 Å².